The van der Waals surface area contributed by atoms with E-state index >= 15 is 0 Å². The van der Waals surface area contributed by atoms with Gasteiger partial charge in [0.25, 0.3) is 0 Å². The second-order valence-electron chi connectivity index (χ2n) is 7.04. The SMILES string of the molecule is CCC1CC1(CNC(C)(C)C)C1=CCCCC1. The van der Waals surface area contributed by atoms with Crippen LogP contribution in [0.2, 0.25) is 0 Å². The minimum absolute atomic E-state index is 0.253. The summed E-state index contributed by atoms with van der Waals surface area (Å²) < 4.78 is 0. The Hall–Kier alpha value is -0.300. The molecule has 0 aliphatic heterocycles. The lowest BCUT2D eigenvalue weighted by atomic mass is 9.84. The molecule has 1 nitrogen and oxygen atoms in total. The Morgan fingerprint density at radius 1 is 1.35 bits per heavy atom. The van der Waals surface area contributed by atoms with E-state index in [2.05, 4.69) is 39.1 Å². The van der Waals surface area contributed by atoms with Gasteiger partial charge in [-0.1, -0.05) is 25.0 Å². The molecule has 0 spiro atoms. The van der Waals surface area contributed by atoms with E-state index in [1.807, 2.05) is 0 Å². The van der Waals surface area contributed by atoms with Crippen LogP contribution >= 0.6 is 0 Å². The van der Waals surface area contributed by atoms with E-state index in [-0.39, 0.29) is 5.54 Å². The van der Waals surface area contributed by atoms with Crippen molar-refractivity contribution in [2.24, 2.45) is 11.3 Å². The average molecular weight is 235 g/mol. The van der Waals surface area contributed by atoms with E-state index in [0.29, 0.717) is 5.41 Å². The minimum atomic E-state index is 0.253. The van der Waals surface area contributed by atoms with Crippen molar-refractivity contribution in [3.05, 3.63) is 11.6 Å². The molecular weight excluding hydrogens is 206 g/mol. The fourth-order valence-corrected chi connectivity index (χ4v) is 3.35. The molecule has 2 atom stereocenters. The summed E-state index contributed by atoms with van der Waals surface area (Å²) in [6.07, 6.45) is 10.8. The van der Waals surface area contributed by atoms with Gasteiger partial charge >= 0.3 is 0 Å². The first-order chi connectivity index (χ1) is 7.98. The van der Waals surface area contributed by atoms with Crippen LogP contribution in [0, 0.1) is 11.3 Å². The molecule has 0 saturated heterocycles. The lowest BCUT2D eigenvalue weighted by Gasteiger charge is -2.29. The second kappa shape index (κ2) is 4.76. The Balaban J connectivity index is 2.03. The molecule has 2 aliphatic carbocycles. The van der Waals surface area contributed by atoms with Crippen molar-refractivity contribution in [3.63, 3.8) is 0 Å². The highest BCUT2D eigenvalue weighted by Gasteiger charge is 2.54. The number of nitrogens with one attached hydrogen (secondary N) is 1. The van der Waals surface area contributed by atoms with E-state index in [4.69, 9.17) is 0 Å². The van der Waals surface area contributed by atoms with Gasteiger partial charge in [0.05, 0.1) is 0 Å². The first-order valence-electron chi connectivity index (χ1n) is 7.42. The molecule has 1 N–H and O–H groups in total. The second-order valence-corrected chi connectivity index (χ2v) is 7.04. The monoisotopic (exact) mass is 235 g/mol. The normalized spacial score (nSPS) is 33.4. The van der Waals surface area contributed by atoms with E-state index in [0.717, 1.165) is 5.92 Å². The van der Waals surface area contributed by atoms with Gasteiger partial charge in [0, 0.05) is 17.5 Å². The van der Waals surface area contributed by atoms with Crippen molar-refractivity contribution in [1.82, 2.24) is 5.32 Å². The maximum Gasteiger partial charge on any atom is 0.00968 e. The standard InChI is InChI=1S/C16H29N/c1-5-13-11-16(13,12-17-15(2,3)4)14-9-7-6-8-10-14/h9,13,17H,5-8,10-12H2,1-4H3. The lowest BCUT2D eigenvalue weighted by Crippen LogP contribution is -2.41. The molecule has 0 amide bonds. The zero-order valence-corrected chi connectivity index (χ0v) is 12.1. The van der Waals surface area contributed by atoms with Crippen molar-refractivity contribution >= 4 is 0 Å². The summed E-state index contributed by atoms with van der Waals surface area (Å²) in [6, 6.07) is 0. The lowest BCUT2D eigenvalue weighted by molar-refractivity contribution is 0.357. The van der Waals surface area contributed by atoms with Gasteiger partial charge in [-0.15, -0.1) is 0 Å². The molecule has 2 aliphatic rings. The fourth-order valence-electron chi connectivity index (χ4n) is 3.35. The van der Waals surface area contributed by atoms with Gasteiger partial charge < -0.3 is 5.32 Å². The largest absolute Gasteiger partial charge is 0.311 e. The molecule has 2 unspecified atom stereocenters. The van der Waals surface area contributed by atoms with Crippen LogP contribution in [0.25, 0.3) is 0 Å². The Labute approximate surface area is 107 Å². The number of hydrogen-bond donors (Lipinski definition) is 1. The van der Waals surface area contributed by atoms with E-state index in [1.165, 1.54) is 45.1 Å². The summed E-state index contributed by atoms with van der Waals surface area (Å²) in [7, 11) is 0. The first kappa shape index (κ1) is 13.1. The van der Waals surface area contributed by atoms with Crippen LogP contribution in [-0.2, 0) is 0 Å². The highest BCUT2D eigenvalue weighted by atomic mass is 15.0. The number of rotatable bonds is 4. The molecule has 0 aromatic heterocycles. The van der Waals surface area contributed by atoms with Crippen molar-refractivity contribution < 1.29 is 0 Å². The van der Waals surface area contributed by atoms with E-state index < -0.39 is 0 Å². The third-order valence-corrected chi connectivity index (χ3v) is 4.59. The molecule has 2 rings (SSSR count). The molecule has 0 aromatic carbocycles. The molecule has 1 heteroatoms. The fraction of sp³-hybridized carbons (Fsp3) is 0.875. The van der Waals surface area contributed by atoms with Crippen LogP contribution in [0.3, 0.4) is 0 Å². The molecule has 0 heterocycles. The van der Waals surface area contributed by atoms with Gasteiger partial charge in [0.1, 0.15) is 0 Å². The predicted octanol–water partition coefficient (Wildman–Crippen LogP) is 4.29. The Kier molecular flexibility index (Phi) is 3.68. The highest BCUT2D eigenvalue weighted by Crippen LogP contribution is 2.60. The summed E-state index contributed by atoms with van der Waals surface area (Å²) >= 11 is 0. The number of hydrogen-bond acceptors (Lipinski definition) is 1. The Morgan fingerprint density at radius 3 is 2.59 bits per heavy atom. The molecule has 98 valence electrons. The van der Waals surface area contributed by atoms with Crippen LogP contribution in [0.5, 0.6) is 0 Å². The Morgan fingerprint density at radius 2 is 2.12 bits per heavy atom. The van der Waals surface area contributed by atoms with Crippen LogP contribution in [0.1, 0.15) is 66.2 Å². The molecular formula is C16H29N. The van der Waals surface area contributed by atoms with Gasteiger partial charge in [-0.2, -0.15) is 0 Å². The van der Waals surface area contributed by atoms with Crippen molar-refractivity contribution in [2.75, 3.05) is 6.54 Å². The molecule has 1 fully saturated rings. The maximum absolute atomic E-state index is 3.75. The van der Waals surface area contributed by atoms with Gasteiger partial charge in [-0.25, -0.2) is 0 Å². The predicted molar refractivity (Wildman–Crippen MR) is 75.1 cm³/mol. The number of allylic oxidation sites excluding steroid dienone is 1. The van der Waals surface area contributed by atoms with Crippen LogP contribution in [0.4, 0.5) is 0 Å². The van der Waals surface area contributed by atoms with Gasteiger partial charge in [-0.3, -0.25) is 0 Å². The van der Waals surface area contributed by atoms with Crippen molar-refractivity contribution in [2.45, 2.75) is 71.8 Å². The zero-order chi connectivity index (χ0) is 12.5. The van der Waals surface area contributed by atoms with Crippen LogP contribution < -0.4 is 5.32 Å². The van der Waals surface area contributed by atoms with Gasteiger partial charge in [0.2, 0.25) is 0 Å². The summed E-state index contributed by atoms with van der Waals surface area (Å²) in [5.41, 5.74) is 2.58. The average Bonchev–Trinajstić information content (AvgIpc) is 3.02. The highest BCUT2D eigenvalue weighted by molar-refractivity contribution is 5.27. The smallest absolute Gasteiger partial charge is 0.00968 e. The van der Waals surface area contributed by atoms with Gasteiger partial charge in [0.15, 0.2) is 0 Å². The van der Waals surface area contributed by atoms with E-state index in [9.17, 15) is 0 Å². The van der Waals surface area contributed by atoms with Crippen molar-refractivity contribution in [1.29, 1.82) is 0 Å². The first-order valence-corrected chi connectivity index (χ1v) is 7.42. The third kappa shape index (κ3) is 2.93. The zero-order valence-electron chi connectivity index (χ0n) is 12.1. The molecule has 0 radical (unpaired) electrons. The summed E-state index contributed by atoms with van der Waals surface area (Å²) in [5.74, 6) is 0.946. The molecule has 17 heavy (non-hydrogen) atoms. The Bertz CT molecular complexity index is 297. The summed E-state index contributed by atoms with van der Waals surface area (Å²) in [4.78, 5) is 0. The quantitative estimate of drug-likeness (QED) is 0.717. The van der Waals surface area contributed by atoms with Crippen molar-refractivity contribution in [3.8, 4) is 0 Å². The maximum atomic E-state index is 3.75. The minimum Gasteiger partial charge on any atom is -0.311 e. The van der Waals surface area contributed by atoms with Crippen LogP contribution in [0.15, 0.2) is 11.6 Å². The molecule has 1 saturated carbocycles. The summed E-state index contributed by atoms with van der Waals surface area (Å²) in [5, 5.41) is 3.75. The van der Waals surface area contributed by atoms with Crippen LogP contribution in [-0.4, -0.2) is 12.1 Å². The topological polar surface area (TPSA) is 12.0 Å². The van der Waals surface area contributed by atoms with Gasteiger partial charge in [-0.05, 0) is 58.8 Å². The molecule has 0 bridgehead atoms. The summed E-state index contributed by atoms with van der Waals surface area (Å²) in [6.45, 7) is 10.4. The third-order valence-electron chi connectivity index (χ3n) is 4.59. The van der Waals surface area contributed by atoms with E-state index in [1.54, 1.807) is 5.57 Å². The molecule has 0 aromatic rings.